The minimum atomic E-state index is -3.79. The summed E-state index contributed by atoms with van der Waals surface area (Å²) in [5, 5.41) is -0.626. The first-order valence-electron chi connectivity index (χ1n) is 4.73. The van der Waals surface area contributed by atoms with Crippen LogP contribution in [0.2, 0.25) is 0 Å². The summed E-state index contributed by atoms with van der Waals surface area (Å²) in [4.78, 5) is 10.4. The Labute approximate surface area is 102 Å². The minimum absolute atomic E-state index is 0.0442. The fraction of sp³-hybridized carbons (Fsp3) is 0.444. The molecule has 0 bridgehead atoms. The summed E-state index contributed by atoms with van der Waals surface area (Å²) in [6.07, 6.45) is 1.92. The van der Waals surface area contributed by atoms with Crippen molar-refractivity contribution in [2.75, 3.05) is 12.8 Å². The highest BCUT2D eigenvalue weighted by Crippen LogP contribution is 2.12. The molecule has 0 amide bonds. The van der Waals surface area contributed by atoms with Gasteiger partial charge in [-0.2, -0.15) is 0 Å². The molecule has 0 aliphatic heterocycles. The first-order valence-corrected chi connectivity index (χ1v) is 7.84. The summed E-state index contributed by atoms with van der Waals surface area (Å²) >= 11 is 0. The molecule has 8 heteroatoms. The van der Waals surface area contributed by atoms with Crippen LogP contribution in [0.5, 0.6) is 0 Å². The van der Waals surface area contributed by atoms with E-state index in [4.69, 9.17) is 4.42 Å². The highest BCUT2D eigenvalue weighted by atomic mass is 32.2. The topological polar surface area (TPSA) is 93.4 Å². The zero-order valence-corrected chi connectivity index (χ0v) is 11.0. The van der Waals surface area contributed by atoms with Crippen LogP contribution >= 0.6 is 0 Å². The van der Waals surface area contributed by atoms with Crippen molar-refractivity contribution in [2.24, 2.45) is 0 Å². The Hall–Kier alpha value is -0.990. The van der Waals surface area contributed by atoms with Crippen LogP contribution < -0.4 is 4.72 Å². The molecule has 1 N–H and O–H groups in total. The van der Waals surface area contributed by atoms with E-state index in [9.17, 15) is 17.4 Å². The first kappa shape index (κ1) is 14.1. The van der Waals surface area contributed by atoms with Crippen molar-refractivity contribution < 1.29 is 21.8 Å². The van der Waals surface area contributed by atoms with E-state index in [1.807, 2.05) is 0 Å². The standard InChI is InChI=1S/C9H13NO5S2/c1-7(16(2)12)5-10-17(13,14)9-4-3-8(6-11)15-9/h3-4,6-7,10H,5H2,1-2H3. The highest BCUT2D eigenvalue weighted by molar-refractivity contribution is 7.89. The smallest absolute Gasteiger partial charge is 0.274 e. The highest BCUT2D eigenvalue weighted by Gasteiger charge is 2.20. The lowest BCUT2D eigenvalue weighted by Gasteiger charge is -2.08. The van der Waals surface area contributed by atoms with E-state index in [1.54, 1.807) is 6.92 Å². The summed E-state index contributed by atoms with van der Waals surface area (Å²) in [6.45, 7) is 1.71. The maximum atomic E-state index is 11.7. The predicted molar refractivity (Wildman–Crippen MR) is 62.8 cm³/mol. The fourth-order valence-electron chi connectivity index (χ4n) is 0.958. The van der Waals surface area contributed by atoms with Gasteiger partial charge in [0.05, 0.1) is 0 Å². The summed E-state index contributed by atoms with van der Waals surface area (Å²) in [6, 6.07) is 2.46. The van der Waals surface area contributed by atoms with Crippen molar-refractivity contribution in [3.63, 3.8) is 0 Å². The largest absolute Gasteiger partial charge is 0.440 e. The molecule has 0 aromatic carbocycles. The van der Waals surface area contributed by atoms with Crippen LogP contribution in [0.15, 0.2) is 21.6 Å². The first-order chi connectivity index (χ1) is 7.86. The Morgan fingerprint density at radius 1 is 1.53 bits per heavy atom. The quantitative estimate of drug-likeness (QED) is 0.747. The number of aldehydes is 1. The van der Waals surface area contributed by atoms with Gasteiger partial charge in [-0.1, -0.05) is 0 Å². The van der Waals surface area contributed by atoms with E-state index in [-0.39, 0.29) is 22.6 Å². The number of furan rings is 1. The summed E-state index contributed by atoms with van der Waals surface area (Å²) in [5.74, 6) is -0.0579. The van der Waals surface area contributed by atoms with Gasteiger partial charge in [0.1, 0.15) is 0 Å². The predicted octanol–water partition coefficient (Wildman–Crippen LogP) is 0.137. The van der Waals surface area contributed by atoms with Crippen molar-refractivity contribution in [3.8, 4) is 0 Å². The Balaban J connectivity index is 2.75. The van der Waals surface area contributed by atoms with Gasteiger partial charge in [-0.15, -0.1) is 0 Å². The molecule has 0 spiro atoms. The van der Waals surface area contributed by atoms with Gasteiger partial charge in [-0.05, 0) is 19.1 Å². The molecule has 0 aliphatic rings. The molecule has 1 heterocycles. The van der Waals surface area contributed by atoms with Crippen molar-refractivity contribution in [1.82, 2.24) is 4.72 Å². The number of nitrogens with one attached hydrogen (secondary N) is 1. The minimum Gasteiger partial charge on any atom is -0.440 e. The number of rotatable bonds is 6. The molecule has 0 saturated heterocycles. The van der Waals surface area contributed by atoms with Crippen LogP contribution in [-0.4, -0.2) is 37.0 Å². The van der Waals surface area contributed by atoms with Gasteiger partial charge in [0.15, 0.2) is 12.0 Å². The summed E-state index contributed by atoms with van der Waals surface area (Å²) in [5.41, 5.74) is 0. The van der Waals surface area contributed by atoms with Crippen molar-refractivity contribution in [2.45, 2.75) is 17.3 Å². The van der Waals surface area contributed by atoms with Crippen molar-refractivity contribution in [1.29, 1.82) is 0 Å². The van der Waals surface area contributed by atoms with Gasteiger partial charge in [0.2, 0.25) is 5.09 Å². The van der Waals surface area contributed by atoms with Gasteiger partial charge in [-0.3, -0.25) is 9.00 Å². The third-order valence-corrected chi connectivity index (χ3v) is 4.71. The van der Waals surface area contributed by atoms with Gasteiger partial charge in [0.25, 0.3) is 10.0 Å². The van der Waals surface area contributed by atoms with E-state index in [0.717, 1.165) is 0 Å². The second-order valence-electron chi connectivity index (χ2n) is 3.44. The maximum absolute atomic E-state index is 11.7. The van der Waals surface area contributed by atoms with E-state index in [1.165, 1.54) is 18.4 Å². The number of carbonyl (C=O) groups excluding carboxylic acids is 1. The van der Waals surface area contributed by atoms with Gasteiger partial charge < -0.3 is 4.42 Å². The van der Waals surface area contributed by atoms with Crippen molar-refractivity contribution in [3.05, 3.63) is 17.9 Å². The number of sulfonamides is 1. The maximum Gasteiger partial charge on any atom is 0.274 e. The number of carbonyl (C=O) groups is 1. The van der Waals surface area contributed by atoms with E-state index in [2.05, 4.69) is 4.72 Å². The Morgan fingerprint density at radius 3 is 2.65 bits per heavy atom. The molecule has 2 unspecified atom stereocenters. The number of hydrogen-bond donors (Lipinski definition) is 1. The molecule has 6 nitrogen and oxygen atoms in total. The van der Waals surface area contributed by atoms with E-state index >= 15 is 0 Å². The molecular formula is C9H13NO5S2. The van der Waals surface area contributed by atoms with Gasteiger partial charge in [-0.25, -0.2) is 13.1 Å². The molecule has 1 aromatic rings. The molecule has 0 saturated carbocycles. The zero-order chi connectivity index (χ0) is 13.1. The third-order valence-electron chi connectivity index (χ3n) is 2.11. The molecule has 17 heavy (non-hydrogen) atoms. The van der Waals surface area contributed by atoms with Gasteiger partial charge in [0, 0.05) is 28.9 Å². The second kappa shape index (κ2) is 5.56. The van der Waals surface area contributed by atoms with Gasteiger partial charge >= 0.3 is 0 Å². The molecule has 2 atom stereocenters. The van der Waals surface area contributed by atoms with Crippen LogP contribution in [0, 0.1) is 0 Å². The zero-order valence-electron chi connectivity index (χ0n) is 9.37. The molecule has 96 valence electrons. The Bertz CT molecular complexity index is 519. The van der Waals surface area contributed by atoms with Crippen LogP contribution in [0.3, 0.4) is 0 Å². The third kappa shape index (κ3) is 3.76. The molecule has 0 aliphatic carbocycles. The lowest BCUT2D eigenvalue weighted by molar-refractivity contribution is 0.109. The average Bonchev–Trinajstić information content (AvgIpc) is 2.75. The molecule has 1 aromatic heterocycles. The SMILES string of the molecule is CC(CNS(=O)(=O)c1ccc(C=O)o1)S(C)=O. The lowest BCUT2D eigenvalue weighted by Crippen LogP contribution is -2.32. The number of hydrogen-bond acceptors (Lipinski definition) is 5. The Kier molecular flexibility index (Phi) is 4.61. The monoisotopic (exact) mass is 279 g/mol. The summed E-state index contributed by atoms with van der Waals surface area (Å²) < 4.78 is 41.5. The second-order valence-corrected chi connectivity index (χ2v) is 6.94. The molecule has 0 radical (unpaired) electrons. The van der Waals surface area contributed by atoms with Crippen LogP contribution in [0.1, 0.15) is 17.5 Å². The molecule has 0 fully saturated rings. The van der Waals surface area contributed by atoms with Crippen LogP contribution in [-0.2, 0) is 20.8 Å². The fourth-order valence-corrected chi connectivity index (χ4v) is 2.45. The van der Waals surface area contributed by atoms with Crippen molar-refractivity contribution >= 4 is 27.1 Å². The van der Waals surface area contributed by atoms with E-state index in [0.29, 0.717) is 6.29 Å². The normalized spacial score (nSPS) is 15.4. The Morgan fingerprint density at radius 2 is 2.18 bits per heavy atom. The summed E-state index contributed by atoms with van der Waals surface area (Å²) in [7, 11) is -4.90. The van der Waals surface area contributed by atoms with E-state index < -0.39 is 20.8 Å². The van der Waals surface area contributed by atoms with Crippen LogP contribution in [0.4, 0.5) is 0 Å². The lowest BCUT2D eigenvalue weighted by atomic mass is 10.5. The van der Waals surface area contributed by atoms with Crippen LogP contribution in [0.25, 0.3) is 0 Å². The molecule has 1 rings (SSSR count). The average molecular weight is 279 g/mol. The molecular weight excluding hydrogens is 266 g/mol.